The fraction of sp³-hybridized carbons (Fsp3) is 0.875. The molecule has 2 nitrogen and oxygen atoms in total. The highest BCUT2D eigenvalue weighted by Gasteiger charge is 2.62. The van der Waals surface area contributed by atoms with Crippen LogP contribution in [0.25, 0.3) is 0 Å². The summed E-state index contributed by atoms with van der Waals surface area (Å²) in [5, 5.41) is 9.78. The average Bonchev–Trinajstić information content (AvgIpc) is 2.60. The van der Waals surface area contributed by atoms with E-state index in [1.807, 2.05) is 6.92 Å². The van der Waals surface area contributed by atoms with E-state index in [2.05, 4.69) is 30.6 Å². The van der Waals surface area contributed by atoms with Gasteiger partial charge in [0, 0.05) is 5.25 Å². The summed E-state index contributed by atoms with van der Waals surface area (Å²) >= 11 is 6.05. The number of hydrogen-bond acceptors (Lipinski definition) is 2. The van der Waals surface area contributed by atoms with E-state index >= 15 is 0 Å². The first-order valence-corrected chi connectivity index (χ1v) is 5.26. The lowest BCUT2D eigenvalue weighted by Crippen LogP contribution is -2.24. The minimum atomic E-state index is -0.230. The zero-order chi connectivity index (χ0) is 9.35. The molecular formula is C8H14O2S2. The SMILES string of the molecule is CC(C)CC1SC1(C)C(O)=[O+][S-]. The van der Waals surface area contributed by atoms with Crippen LogP contribution in [0.2, 0.25) is 0 Å². The molecule has 1 N–H and O–H groups in total. The molecule has 1 aliphatic heterocycles. The molecule has 4 heteroatoms. The van der Waals surface area contributed by atoms with Gasteiger partial charge in [0.2, 0.25) is 0 Å². The molecule has 70 valence electrons. The van der Waals surface area contributed by atoms with Gasteiger partial charge in [-0.3, -0.25) is 0 Å². The van der Waals surface area contributed by atoms with Crippen LogP contribution in [0.4, 0.5) is 0 Å². The van der Waals surface area contributed by atoms with Crippen molar-refractivity contribution in [3.05, 3.63) is 0 Å². The average molecular weight is 206 g/mol. The number of aliphatic hydroxyl groups excluding tert-OH is 1. The lowest BCUT2D eigenvalue weighted by atomic mass is 10.00. The summed E-state index contributed by atoms with van der Waals surface area (Å²) in [7, 11) is 0. The summed E-state index contributed by atoms with van der Waals surface area (Å²) in [4.78, 5) is 0. The summed E-state index contributed by atoms with van der Waals surface area (Å²) in [5.74, 6) is 0.649. The van der Waals surface area contributed by atoms with E-state index in [0.717, 1.165) is 6.42 Å². The number of carboxylic acids is 1. The predicted octanol–water partition coefficient (Wildman–Crippen LogP) is 1.99. The normalized spacial score (nSPS) is 35.7. The van der Waals surface area contributed by atoms with Gasteiger partial charge in [0.15, 0.2) is 4.75 Å². The molecule has 1 heterocycles. The van der Waals surface area contributed by atoms with Crippen molar-refractivity contribution in [3.63, 3.8) is 0 Å². The van der Waals surface area contributed by atoms with Crippen LogP contribution < -0.4 is 0 Å². The van der Waals surface area contributed by atoms with Gasteiger partial charge in [-0.05, 0) is 19.3 Å². The zero-order valence-corrected chi connectivity index (χ0v) is 9.17. The first-order valence-electron chi connectivity index (χ1n) is 4.04. The minimum absolute atomic E-state index is 0.00634. The van der Waals surface area contributed by atoms with Crippen molar-refractivity contribution in [2.75, 3.05) is 0 Å². The van der Waals surface area contributed by atoms with Crippen LogP contribution in [-0.2, 0) is 16.8 Å². The van der Waals surface area contributed by atoms with E-state index < -0.39 is 0 Å². The maximum absolute atomic E-state index is 9.31. The highest BCUT2D eigenvalue weighted by atomic mass is 32.2. The molecule has 1 aliphatic rings. The van der Waals surface area contributed by atoms with Crippen LogP contribution in [0, 0.1) is 5.92 Å². The standard InChI is InChI=1S/C8H14O2S2/c1-5(2)4-6-8(3,12-6)7(9)10-11/h5-6,9H,4H2,1-3H3. The first-order chi connectivity index (χ1) is 5.50. The largest absolute Gasteiger partial charge is 0.484 e. The molecule has 0 spiro atoms. The monoisotopic (exact) mass is 206 g/mol. The highest BCUT2D eigenvalue weighted by molar-refractivity contribution is 8.09. The van der Waals surface area contributed by atoms with Crippen LogP contribution in [-0.4, -0.2) is 21.1 Å². The van der Waals surface area contributed by atoms with Crippen LogP contribution >= 0.6 is 11.8 Å². The Morgan fingerprint density at radius 3 is 2.75 bits per heavy atom. The number of hydrogen-bond donors (Lipinski definition) is 1. The Balaban J connectivity index is 2.48. The third-order valence-electron chi connectivity index (χ3n) is 2.13. The molecule has 2 atom stereocenters. The quantitative estimate of drug-likeness (QED) is 0.435. The smallest absolute Gasteiger partial charge is 0.433 e. The molecule has 0 saturated carbocycles. The Morgan fingerprint density at radius 2 is 2.33 bits per heavy atom. The molecule has 1 rings (SSSR count). The minimum Gasteiger partial charge on any atom is -0.433 e. The summed E-state index contributed by atoms with van der Waals surface area (Å²) in [6.07, 6.45) is 1.10. The van der Waals surface area contributed by atoms with Gasteiger partial charge in [-0.2, -0.15) is 0 Å². The summed E-state index contributed by atoms with van der Waals surface area (Å²) in [6, 6.07) is 0. The van der Waals surface area contributed by atoms with Crippen molar-refractivity contribution >= 4 is 30.6 Å². The van der Waals surface area contributed by atoms with Crippen LogP contribution in [0.1, 0.15) is 27.2 Å². The lowest BCUT2D eigenvalue weighted by molar-refractivity contribution is -0.259. The summed E-state index contributed by atoms with van der Waals surface area (Å²) < 4.78 is 4.19. The first kappa shape index (κ1) is 10.1. The van der Waals surface area contributed by atoms with Crippen LogP contribution in [0.5, 0.6) is 0 Å². The van der Waals surface area contributed by atoms with Gasteiger partial charge in [0.1, 0.15) is 0 Å². The maximum Gasteiger partial charge on any atom is 0.484 e. The number of carboxylic acid groups (broad SMARTS) is 1. The van der Waals surface area contributed by atoms with E-state index in [4.69, 9.17) is 0 Å². The van der Waals surface area contributed by atoms with Gasteiger partial charge >= 0.3 is 5.97 Å². The Hall–Kier alpha value is 0.0400. The van der Waals surface area contributed by atoms with Gasteiger partial charge in [-0.25, -0.2) is 0 Å². The Morgan fingerprint density at radius 1 is 1.75 bits per heavy atom. The molecule has 12 heavy (non-hydrogen) atoms. The lowest BCUT2D eigenvalue weighted by Gasteiger charge is -2.02. The van der Waals surface area contributed by atoms with Crippen molar-refractivity contribution < 1.29 is 8.98 Å². The van der Waals surface area contributed by atoms with Crippen molar-refractivity contribution in [1.29, 1.82) is 0 Å². The van der Waals surface area contributed by atoms with Crippen LogP contribution in [0.3, 0.4) is 0 Å². The van der Waals surface area contributed by atoms with Crippen molar-refractivity contribution in [2.45, 2.75) is 37.2 Å². The fourth-order valence-corrected chi connectivity index (χ4v) is 2.80. The zero-order valence-electron chi connectivity index (χ0n) is 7.53. The molecular weight excluding hydrogens is 192 g/mol. The topological polar surface area (TPSA) is 31.5 Å². The van der Waals surface area contributed by atoms with Gasteiger partial charge < -0.3 is 21.9 Å². The van der Waals surface area contributed by atoms with Gasteiger partial charge in [-0.1, -0.05) is 13.8 Å². The molecule has 0 aromatic rings. The second-order valence-electron chi connectivity index (χ2n) is 3.73. The third kappa shape index (κ3) is 1.85. The fourth-order valence-electron chi connectivity index (χ4n) is 1.23. The molecule has 0 radical (unpaired) electrons. The molecule has 1 fully saturated rings. The van der Waals surface area contributed by atoms with Gasteiger partial charge in [0.05, 0.1) is 0 Å². The van der Waals surface area contributed by atoms with E-state index in [9.17, 15) is 5.11 Å². The van der Waals surface area contributed by atoms with Crippen LogP contribution in [0.15, 0.2) is 0 Å². The highest BCUT2D eigenvalue weighted by Crippen LogP contribution is 2.56. The number of thioether (sulfide) groups is 1. The Bertz CT molecular complexity index is 203. The third-order valence-corrected chi connectivity index (χ3v) is 3.93. The predicted molar refractivity (Wildman–Crippen MR) is 54.2 cm³/mol. The van der Waals surface area contributed by atoms with E-state index in [-0.39, 0.29) is 10.7 Å². The number of rotatable bonds is 3. The molecule has 0 aliphatic carbocycles. The molecule has 0 amide bonds. The molecule has 0 aromatic heterocycles. The molecule has 0 aromatic carbocycles. The molecule has 2 unspecified atom stereocenters. The van der Waals surface area contributed by atoms with Crippen molar-refractivity contribution in [1.82, 2.24) is 0 Å². The van der Waals surface area contributed by atoms with E-state index in [0.29, 0.717) is 11.2 Å². The van der Waals surface area contributed by atoms with Gasteiger partial charge in [-0.15, -0.1) is 11.8 Å². The second-order valence-corrected chi connectivity index (χ2v) is 5.55. The van der Waals surface area contributed by atoms with Crippen molar-refractivity contribution in [3.8, 4) is 0 Å². The summed E-state index contributed by atoms with van der Waals surface area (Å²) in [5.41, 5.74) is 0. The van der Waals surface area contributed by atoms with E-state index in [1.165, 1.54) is 0 Å². The molecule has 1 saturated heterocycles. The number of aliphatic carboxylic acids is 1. The molecule has 0 bridgehead atoms. The Labute approximate surface area is 83.1 Å². The van der Waals surface area contributed by atoms with Gasteiger partial charge in [0.25, 0.3) is 0 Å². The maximum atomic E-state index is 9.31. The van der Waals surface area contributed by atoms with E-state index in [1.54, 1.807) is 11.8 Å². The summed E-state index contributed by atoms with van der Waals surface area (Å²) in [6.45, 7) is 6.31. The Kier molecular flexibility index (Phi) is 2.88. The second kappa shape index (κ2) is 3.42. The van der Waals surface area contributed by atoms with Crippen molar-refractivity contribution in [2.24, 2.45) is 5.92 Å².